The third kappa shape index (κ3) is 4.18. The first-order chi connectivity index (χ1) is 10.5. The maximum absolute atomic E-state index is 12.0. The molecule has 0 aromatic carbocycles. The lowest BCUT2D eigenvalue weighted by Gasteiger charge is -2.17. The molecule has 2 aromatic rings. The van der Waals surface area contributed by atoms with Crippen molar-refractivity contribution in [3.63, 3.8) is 0 Å². The molecular weight excluding hydrogens is 284 g/mol. The highest BCUT2D eigenvalue weighted by molar-refractivity contribution is 5.73. The lowest BCUT2D eigenvalue weighted by Crippen LogP contribution is -2.36. The number of hydrogen-bond donors (Lipinski definition) is 1. The number of amides is 2. The summed E-state index contributed by atoms with van der Waals surface area (Å²) in [6.07, 6.45) is 5.03. The lowest BCUT2D eigenvalue weighted by molar-refractivity contribution is 0.205. The molecule has 8 nitrogen and oxygen atoms in total. The number of hydrogen-bond acceptors (Lipinski definition) is 6. The Kier molecular flexibility index (Phi) is 4.92. The smallest absolute Gasteiger partial charge is 0.317 e. The molecule has 0 fully saturated rings. The van der Waals surface area contributed by atoms with Crippen molar-refractivity contribution < 1.29 is 9.21 Å². The fourth-order valence-electron chi connectivity index (χ4n) is 1.79. The molecule has 0 atom stereocenters. The molecule has 0 spiro atoms. The van der Waals surface area contributed by atoms with Gasteiger partial charge in [-0.2, -0.15) is 0 Å². The van der Waals surface area contributed by atoms with E-state index in [-0.39, 0.29) is 6.03 Å². The van der Waals surface area contributed by atoms with Gasteiger partial charge in [0.2, 0.25) is 5.95 Å². The van der Waals surface area contributed by atoms with Crippen molar-refractivity contribution >= 4 is 12.0 Å². The fraction of sp³-hybridized carbons (Fsp3) is 0.429. The molecule has 118 valence electrons. The molecule has 8 heteroatoms. The number of aromatic nitrogens is 3. The zero-order chi connectivity index (χ0) is 16.1. The first-order valence-electron chi connectivity index (χ1n) is 6.84. The van der Waals surface area contributed by atoms with Crippen LogP contribution in [0, 0.1) is 6.92 Å². The molecule has 0 unspecified atom stereocenters. The summed E-state index contributed by atoms with van der Waals surface area (Å²) in [4.78, 5) is 27.8. The zero-order valence-corrected chi connectivity index (χ0v) is 13.2. The van der Waals surface area contributed by atoms with Crippen molar-refractivity contribution in [3.8, 4) is 0 Å². The minimum atomic E-state index is -0.203. The normalized spacial score (nSPS) is 10.4. The van der Waals surface area contributed by atoms with Gasteiger partial charge in [0.1, 0.15) is 5.76 Å². The summed E-state index contributed by atoms with van der Waals surface area (Å²) in [6, 6.07) is -0.203. The van der Waals surface area contributed by atoms with Crippen LogP contribution in [0.2, 0.25) is 0 Å². The van der Waals surface area contributed by atoms with Crippen LogP contribution < -0.4 is 10.2 Å². The van der Waals surface area contributed by atoms with Crippen LogP contribution in [0.15, 0.2) is 23.0 Å². The van der Waals surface area contributed by atoms with Crippen molar-refractivity contribution in [2.75, 3.05) is 26.0 Å². The van der Waals surface area contributed by atoms with Crippen LogP contribution in [-0.4, -0.2) is 47.0 Å². The molecule has 0 aliphatic heterocycles. The molecule has 2 aromatic heterocycles. The number of oxazole rings is 1. The van der Waals surface area contributed by atoms with Gasteiger partial charge in [-0.05, 0) is 0 Å². The Morgan fingerprint density at radius 3 is 2.41 bits per heavy atom. The van der Waals surface area contributed by atoms with E-state index >= 15 is 0 Å². The van der Waals surface area contributed by atoms with Crippen molar-refractivity contribution in [3.05, 3.63) is 35.8 Å². The first-order valence-corrected chi connectivity index (χ1v) is 6.84. The lowest BCUT2D eigenvalue weighted by atomic mass is 10.3. The van der Waals surface area contributed by atoms with Crippen molar-refractivity contribution in [1.82, 2.24) is 25.2 Å². The molecule has 2 heterocycles. The van der Waals surface area contributed by atoms with Crippen LogP contribution in [-0.2, 0) is 13.1 Å². The Morgan fingerprint density at radius 2 is 1.86 bits per heavy atom. The maximum atomic E-state index is 12.0. The van der Waals surface area contributed by atoms with Crippen LogP contribution in [0.1, 0.15) is 17.2 Å². The number of urea groups is 1. The van der Waals surface area contributed by atoms with E-state index in [1.54, 1.807) is 37.5 Å². The highest BCUT2D eigenvalue weighted by Gasteiger charge is 2.11. The zero-order valence-electron chi connectivity index (χ0n) is 13.2. The number of rotatable bonds is 5. The van der Waals surface area contributed by atoms with Crippen LogP contribution in [0.4, 0.5) is 10.7 Å². The average molecular weight is 304 g/mol. The van der Waals surface area contributed by atoms with E-state index in [1.165, 1.54) is 0 Å². The van der Waals surface area contributed by atoms with Gasteiger partial charge in [-0.25, -0.2) is 19.7 Å². The van der Waals surface area contributed by atoms with E-state index in [9.17, 15) is 4.79 Å². The predicted octanol–water partition coefficient (Wildman–Crippen LogP) is 1.18. The minimum absolute atomic E-state index is 0.203. The fourth-order valence-corrected chi connectivity index (χ4v) is 1.79. The number of nitrogens with zero attached hydrogens (tertiary/aromatic N) is 5. The second kappa shape index (κ2) is 6.88. The molecule has 1 N–H and O–H groups in total. The summed E-state index contributed by atoms with van der Waals surface area (Å²) in [5, 5.41) is 2.77. The SMILES string of the molecule is Cc1ncc(CNC(=O)N(C)Cc2cnc(N(C)C)nc2)o1. The van der Waals surface area contributed by atoms with Gasteiger partial charge >= 0.3 is 6.03 Å². The van der Waals surface area contributed by atoms with Gasteiger partial charge in [0.25, 0.3) is 0 Å². The number of aryl methyl sites for hydroxylation is 1. The standard InChI is InChI=1S/C14H20N6O2/c1-10-15-7-12(22-10)8-18-14(21)20(4)9-11-5-16-13(17-6-11)19(2)3/h5-7H,8-9H2,1-4H3,(H,18,21). The van der Waals surface area contributed by atoms with Gasteiger partial charge in [0.05, 0.1) is 19.3 Å². The third-order valence-electron chi connectivity index (χ3n) is 2.94. The Bertz CT molecular complexity index is 623. The quantitative estimate of drug-likeness (QED) is 0.892. The van der Waals surface area contributed by atoms with Crippen LogP contribution in [0.3, 0.4) is 0 Å². The predicted molar refractivity (Wildman–Crippen MR) is 81.3 cm³/mol. The Labute approximate surface area is 129 Å². The van der Waals surface area contributed by atoms with Crippen LogP contribution in [0.5, 0.6) is 0 Å². The van der Waals surface area contributed by atoms with Gasteiger partial charge in [-0.15, -0.1) is 0 Å². The van der Waals surface area contributed by atoms with E-state index in [2.05, 4.69) is 20.3 Å². The molecule has 0 aliphatic rings. The van der Waals surface area contributed by atoms with Crippen molar-refractivity contribution in [2.24, 2.45) is 0 Å². The van der Waals surface area contributed by atoms with E-state index in [4.69, 9.17) is 4.42 Å². The van der Waals surface area contributed by atoms with Gasteiger partial charge in [-0.3, -0.25) is 0 Å². The maximum Gasteiger partial charge on any atom is 0.317 e. The van der Waals surface area contributed by atoms with Gasteiger partial charge < -0.3 is 19.5 Å². The number of nitrogens with one attached hydrogen (secondary N) is 1. The molecule has 0 radical (unpaired) electrons. The summed E-state index contributed by atoms with van der Waals surface area (Å²) in [5.41, 5.74) is 0.860. The molecule has 2 amide bonds. The average Bonchev–Trinajstić information content (AvgIpc) is 2.91. The summed E-state index contributed by atoms with van der Waals surface area (Å²) in [5.74, 6) is 1.84. The number of carbonyl (C=O) groups is 1. The second-order valence-corrected chi connectivity index (χ2v) is 5.15. The summed E-state index contributed by atoms with van der Waals surface area (Å²) in [7, 11) is 5.46. The topological polar surface area (TPSA) is 87.4 Å². The van der Waals surface area contributed by atoms with E-state index in [0.29, 0.717) is 30.7 Å². The molecule has 22 heavy (non-hydrogen) atoms. The highest BCUT2D eigenvalue weighted by atomic mass is 16.4. The Morgan fingerprint density at radius 1 is 1.18 bits per heavy atom. The van der Waals surface area contributed by atoms with Gasteiger partial charge in [0, 0.05) is 46.0 Å². The number of carbonyl (C=O) groups excluding carboxylic acids is 1. The van der Waals surface area contributed by atoms with Crippen LogP contribution >= 0.6 is 0 Å². The van der Waals surface area contributed by atoms with E-state index in [1.807, 2.05) is 19.0 Å². The Hall–Kier alpha value is -2.64. The van der Waals surface area contributed by atoms with Crippen molar-refractivity contribution in [1.29, 1.82) is 0 Å². The first kappa shape index (κ1) is 15.7. The minimum Gasteiger partial charge on any atom is -0.444 e. The molecule has 0 bridgehead atoms. The molecule has 0 saturated carbocycles. The number of anilines is 1. The summed E-state index contributed by atoms with van der Waals surface area (Å²) in [6.45, 7) is 2.49. The van der Waals surface area contributed by atoms with Gasteiger partial charge in [-0.1, -0.05) is 0 Å². The molecular formula is C14H20N6O2. The molecule has 2 rings (SSSR count). The van der Waals surface area contributed by atoms with Gasteiger partial charge in [0.15, 0.2) is 5.89 Å². The Balaban J connectivity index is 1.85. The largest absolute Gasteiger partial charge is 0.444 e. The second-order valence-electron chi connectivity index (χ2n) is 5.15. The van der Waals surface area contributed by atoms with E-state index in [0.717, 1.165) is 5.56 Å². The molecule has 0 saturated heterocycles. The van der Waals surface area contributed by atoms with Crippen LogP contribution in [0.25, 0.3) is 0 Å². The van der Waals surface area contributed by atoms with E-state index < -0.39 is 0 Å². The van der Waals surface area contributed by atoms with Crippen molar-refractivity contribution in [2.45, 2.75) is 20.0 Å². The highest BCUT2D eigenvalue weighted by Crippen LogP contribution is 2.06. The summed E-state index contributed by atoms with van der Waals surface area (Å²) >= 11 is 0. The summed E-state index contributed by atoms with van der Waals surface area (Å²) < 4.78 is 5.30. The third-order valence-corrected chi connectivity index (χ3v) is 2.94. The monoisotopic (exact) mass is 304 g/mol. The molecule has 0 aliphatic carbocycles.